The van der Waals surface area contributed by atoms with Gasteiger partial charge in [0.15, 0.2) is 0 Å². The molecule has 18 heavy (non-hydrogen) atoms. The molecule has 0 fully saturated rings. The third-order valence-electron chi connectivity index (χ3n) is 3.26. The number of hydrogen-bond acceptors (Lipinski definition) is 3. The van der Waals surface area contributed by atoms with Crippen LogP contribution in [0.4, 0.5) is 0 Å². The van der Waals surface area contributed by atoms with Crippen LogP contribution < -0.4 is 0 Å². The number of unbranched alkanes of at least 4 members (excludes halogenated alkanes) is 9. The van der Waals surface area contributed by atoms with Crippen LogP contribution in [0.3, 0.4) is 0 Å². The molecule has 0 bridgehead atoms. The molecule has 0 aromatic heterocycles. The maximum absolute atomic E-state index is 8.91. The summed E-state index contributed by atoms with van der Waals surface area (Å²) in [7, 11) is 0. The molecule has 0 aliphatic rings. The second-order valence-electron chi connectivity index (χ2n) is 5.04. The van der Waals surface area contributed by atoms with E-state index in [1.165, 1.54) is 64.2 Å². The Kier molecular flexibility index (Phi) is 15.6. The van der Waals surface area contributed by atoms with E-state index in [1.54, 1.807) is 11.8 Å². The van der Waals surface area contributed by atoms with E-state index in [9.17, 15) is 0 Å². The summed E-state index contributed by atoms with van der Waals surface area (Å²) < 4.78 is 0. The number of aliphatic hydroxyl groups excluding tert-OH is 2. The van der Waals surface area contributed by atoms with Crippen molar-refractivity contribution in [2.75, 3.05) is 19.0 Å². The Bertz CT molecular complexity index is 149. The van der Waals surface area contributed by atoms with E-state index < -0.39 is 0 Å². The number of rotatable bonds is 14. The number of aliphatic hydroxyl groups is 2. The minimum atomic E-state index is 0.0311. The third kappa shape index (κ3) is 12.7. The fourth-order valence-electron chi connectivity index (χ4n) is 2.00. The van der Waals surface area contributed by atoms with Gasteiger partial charge in [-0.15, -0.1) is 0 Å². The van der Waals surface area contributed by atoms with Crippen LogP contribution in [-0.4, -0.2) is 34.4 Å². The molecule has 0 spiro atoms. The van der Waals surface area contributed by atoms with Crippen molar-refractivity contribution in [1.29, 1.82) is 0 Å². The lowest BCUT2D eigenvalue weighted by Crippen LogP contribution is -2.13. The van der Waals surface area contributed by atoms with Crippen LogP contribution in [0.2, 0.25) is 0 Å². The molecule has 0 atom stereocenters. The normalized spacial score (nSPS) is 11.3. The zero-order chi connectivity index (χ0) is 13.5. The summed E-state index contributed by atoms with van der Waals surface area (Å²) in [5.41, 5.74) is 0. The second kappa shape index (κ2) is 15.3. The predicted octanol–water partition coefficient (Wildman–Crippen LogP) is 3.99. The predicted molar refractivity (Wildman–Crippen MR) is 82.3 cm³/mol. The lowest BCUT2D eigenvalue weighted by molar-refractivity contribution is 0.228. The maximum Gasteiger partial charge on any atom is 0.0572 e. The Morgan fingerprint density at radius 3 is 1.61 bits per heavy atom. The van der Waals surface area contributed by atoms with E-state index in [0.717, 1.165) is 5.75 Å². The number of thioether (sulfide) groups is 1. The van der Waals surface area contributed by atoms with Gasteiger partial charge in [-0.25, -0.2) is 0 Å². The van der Waals surface area contributed by atoms with Gasteiger partial charge in [0.2, 0.25) is 0 Å². The van der Waals surface area contributed by atoms with Crippen LogP contribution in [0.5, 0.6) is 0 Å². The highest BCUT2D eigenvalue weighted by Gasteiger charge is 2.04. The molecule has 0 heterocycles. The highest BCUT2D eigenvalue weighted by atomic mass is 32.2. The van der Waals surface area contributed by atoms with Crippen molar-refractivity contribution in [3.05, 3.63) is 0 Å². The zero-order valence-electron chi connectivity index (χ0n) is 12.1. The van der Waals surface area contributed by atoms with Crippen LogP contribution >= 0.6 is 11.8 Å². The quantitative estimate of drug-likeness (QED) is 0.471. The van der Waals surface area contributed by atoms with E-state index in [1.807, 2.05) is 0 Å². The topological polar surface area (TPSA) is 40.5 Å². The highest BCUT2D eigenvalue weighted by molar-refractivity contribution is 7.99. The fraction of sp³-hybridized carbons (Fsp3) is 1.00. The molecule has 2 N–H and O–H groups in total. The van der Waals surface area contributed by atoms with E-state index >= 15 is 0 Å². The molecular weight excluding hydrogens is 244 g/mol. The third-order valence-corrected chi connectivity index (χ3v) is 4.55. The number of hydrogen-bond donors (Lipinski definition) is 2. The smallest absolute Gasteiger partial charge is 0.0572 e. The second-order valence-corrected chi connectivity index (χ2v) is 6.45. The molecule has 0 aliphatic carbocycles. The van der Waals surface area contributed by atoms with Crippen molar-refractivity contribution >= 4 is 11.8 Å². The van der Waals surface area contributed by atoms with E-state index in [-0.39, 0.29) is 18.5 Å². The summed E-state index contributed by atoms with van der Waals surface area (Å²) in [6, 6.07) is 0. The molecule has 0 aromatic rings. The van der Waals surface area contributed by atoms with Gasteiger partial charge in [-0.1, -0.05) is 64.7 Å². The van der Waals surface area contributed by atoms with Crippen LogP contribution in [0.25, 0.3) is 0 Å². The zero-order valence-corrected chi connectivity index (χ0v) is 12.9. The molecular formula is C15H32O2S. The lowest BCUT2D eigenvalue weighted by Gasteiger charge is -2.09. The van der Waals surface area contributed by atoms with Gasteiger partial charge in [-0.2, -0.15) is 11.8 Å². The molecule has 0 rings (SSSR count). The molecule has 0 amide bonds. The van der Waals surface area contributed by atoms with Gasteiger partial charge in [0.05, 0.1) is 18.5 Å². The van der Waals surface area contributed by atoms with Crippen LogP contribution in [-0.2, 0) is 0 Å². The molecule has 0 aromatic carbocycles. The van der Waals surface area contributed by atoms with Crippen molar-refractivity contribution in [3.8, 4) is 0 Å². The van der Waals surface area contributed by atoms with Gasteiger partial charge in [-0.3, -0.25) is 0 Å². The van der Waals surface area contributed by atoms with Crippen LogP contribution in [0.15, 0.2) is 0 Å². The monoisotopic (exact) mass is 276 g/mol. The molecule has 2 nitrogen and oxygen atoms in total. The van der Waals surface area contributed by atoms with Gasteiger partial charge >= 0.3 is 0 Å². The van der Waals surface area contributed by atoms with Crippen LogP contribution in [0, 0.1) is 0 Å². The van der Waals surface area contributed by atoms with E-state index in [4.69, 9.17) is 10.2 Å². The fourth-order valence-corrected chi connectivity index (χ4v) is 2.92. The van der Waals surface area contributed by atoms with Gasteiger partial charge in [0, 0.05) is 0 Å². The standard InChI is InChI=1S/C15H32O2S/c1-2-3-4-5-6-7-8-9-10-11-12-18-15(13-16)14-17/h15-17H,2-14H2,1H3. The average molecular weight is 276 g/mol. The van der Waals surface area contributed by atoms with Gasteiger partial charge < -0.3 is 10.2 Å². The maximum atomic E-state index is 8.91. The molecule has 0 aliphatic heterocycles. The summed E-state index contributed by atoms with van der Waals surface area (Å²) in [6.45, 7) is 2.45. The summed E-state index contributed by atoms with van der Waals surface area (Å²) in [5.74, 6) is 1.07. The first kappa shape index (κ1) is 18.3. The van der Waals surface area contributed by atoms with Crippen molar-refractivity contribution in [2.24, 2.45) is 0 Å². The molecule has 0 saturated carbocycles. The van der Waals surface area contributed by atoms with Gasteiger partial charge in [0.1, 0.15) is 0 Å². The molecule has 110 valence electrons. The van der Waals surface area contributed by atoms with Crippen molar-refractivity contribution < 1.29 is 10.2 Å². The molecule has 3 heteroatoms. The Morgan fingerprint density at radius 1 is 0.722 bits per heavy atom. The minimum absolute atomic E-state index is 0.0311. The molecule has 0 saturated heterocycles. The summed E-state index contributed by atoms with van der Waals surface area (Å²) in [6.07, 6.45) is 13.6. The largest absolute Gasteiger partial charge is 0.395 e. The van der Waals surface area contributed by atoms with E-state index in [2.05, 4.69) is 6.92 Å². The highest BCUT2D eigenvalue weighted by Crippen LogP contribution is 2.15. The Hall–Kier alpha value is 0.270. The molecule has 0 unspecified atom stereocenters. The van der Waals surface area contributed by atoms with Gasteiger partial charge in [0.25, 0.3) is 0 Å². The first-order valence-electron chi connectivity index (χ1n) is 7.68. The van der Waals surface area contributed by atoms with Crippen molar-refractivity contribution in [3.63, 3.8) is 0 Å². The van der Waals surface area contributed by atoms with Crippen molar-refractivity contribution in [1.82, 2.24) is 0 Å². The summed E-state index contributed by atoms with van der Waals surface area (Å²) in [5, 5.41) is 17.8. The Labute approximate surface area is 118 Å². The van der Waals surface area contributed by atoms with E-state index in [0.29, 0.717) is 0 Å². The SMILES string of the molecule is CCCCCCCCCCCCSC(CO)CO. The first-order chi connectivity index (χ1) is 8.85. The Balaban J connectivity index is 3.03. The van der Waals surface area contributed by atoms with Crippen molar-refractivity contribution in [2.45, 2.75) is 76.4 Å². The average Bonchev–Trinajstić information content (AvgIpc) is 2.40. The minimum Gasteiger partial charge on any atom is -0.395 e. The van der Waals surface area contributed by atoms with Crippen LogP contribution in [0.1, 0.15) is 71.1 Å². The molecule has 0 radical (unpaired) electrons. The lowest BCUT2D eigenvalue weighted by atomic mass is 10.1. The summed E-state index contributed by atoms with van der Waals surface area (Å²) in [4.78, 5) is 0. The first-order valence-corrected chi connectivity index (χ1v) is 8.73. The Morgan fingerprint density at radius 2 is 1.17 bits per heavy atom. The van der Waals surface area contributed by atoms with Gasteiger partial charge in [-0.05, 0) is 12.2 Å². The summed E-state index contributed by atoms with van der Waals surface area (Å²) >= 11 is 1.70.